The van der Waals surface area contributed by atoms with Gasteiger partial charge in [0.15, 0.2) is 0 Å². The summed E-state index contributed by atoms with van der Waals surface area (Å²) in [4.78, 5) is 11.4. The first kappa shape index (κ1) is 11.8. The van der Waals surface area contributed by atoms with Gasteiger partial charge >= 0.3 is 6.09 Å². The third-order valence-electron chi connectivity index (χ3n) is 2.71. The Bertz CT molecular complexity index is 283. The molecule has 1 rings (SSSR count). The quantitative estimate of drug-likeness (QED) is 0.776. The number of amides is 1. The van der Waals surface area contributed by atoms with Crippen LogP contribution in [0.2, 0.25) is 0 Å². The van der Waals surface area contributed by atoms with Crippen LogP contribution in [-0.4, -0.2) is 18.2 Å². The monoisotopic (exact) mass is 209 g/mol. The van der Waals surface area contributed by atoms with Gasteiger partial charge in [0.25, 0.3) is 0 Å². The number of hydrogen-bond donors (Lipinski definition) is 1. The highest BCUT2D eigenvalue weighted by atomic mass is 16.5. The molecule has 3 nitrogen and oxygen atoms in total. The van der Waals surface area contributed by atoms with Gasteiger partial charge < -0.3 is 10.1 Å². The van der Waals surface area contributed by atoms with Crippen molar-refractivity contribution in [2.45, 2.75) is 32.7 Å². The lowest BCUT2D eigenvalue weighted by atomic mass is 9.84. The van der Waals surface area contributed by atoms with Gasteiger partial charge in [-0.1, -0.05) is 38.2 Å². The maximum absolute atomic E-state index is 11.4. The number of alkyl carbamates (subject to hydrolysis) is 1. The van der Waals surface area contributed by atoms with E-state index < -0.39 is 0 Å². The van der Waals surface area contributed by atoms with Gasteiger partial charge in [-0.05, 0) is 13.3 Å². The molecule has 15 heavy (non-hydrogen) atoms. The molecule has 2 unspecified atom stereocenters. The van der Waals surface area contributed by atoms with Crippen molar-refractivity contribution in [2.24, 2.45) is 5.92 Å². The van der Waals surface area contributed by atoms with Crippen molar-refractivity contribution in [3.63, 3.8) is 0 Å². The summed E-state index contributed by atoms with van der Waals surface area (Å²) in [5.74, 6) is 0.275. The number of allylic oxidation sites excluding steroid dienone is 2. The van der Waals surface area contributed by atoms with E-state index in [1.54, 1.807) is 0 Å². The number of rotatable bonds is 3. The summed E-state index contributed by atoms with van der Waals surface area (Å²) in [7, 11) is 0. The smallest absolute Gasteiger partial charge is 0.407 e. The Hall–Kier alpha value is -1.25. The van der Waals surface area contributed by atoms with Gasteiger partial charge in [0.1, 0.15) is 0 Å². The Morgan fingerprint density at radius 3 is 2.87 bits per heavy atom. The Kier molecular flexibility index (Phi) is 3.95. The summed E-state index contributed by atoms with van der Waals surface area (Å²) >= 11 is 0. The molecule has 1 aliphatic carbocycles. The Labute approximate surface area is 91.2 Å². The first-order valence-corrected chi connectivity index (χ1v) is 5.39. The molecule has 0 aromatic heterocycles. The molecule has 0 aromatic rings. The van der Waals surface area contributed by atoms with Crippen LogP contribution in [0.15, 0.2) is 24.3 Å². The topological polar surface area (TPSA) is 38.3 Å². The molecule has 1 aliphatic rings. The summed E-state index contributed by atoms with van der Waals surface area (Å²) < 4.78 is 5.00. The Morgan fingerprint density at radius 1 is 1.53 bits per heavy atom. The minimum atomic E-state index is -0.342. The average molecular weight is 209 g/mol. The summed E-state index contributed by atoms with van der Waals surface area (Å²) in [5, 5.41) is 2.88. The van der Waals surface area contributed by atoms with Crippen LogP contribution in [0, 0.1) is 5.92 Å². The van der Waals surface area contributed by atoms with E-state index >= 15 is 0 Å². The van der Waals surface area contributed by atoms with Gasteiger partial charge in [-0.2, -0.15) is 0 Å². The summed E-state index contributed by atoms with van der Waals surface area (Å²) in [6.07, 6.45) is 8.50. The van der Waals surface area contributed by atoms with Crippen molar-refractivity contribution in [3.8, 4) is 0 Å². The maximum Gasteiger partial charge on any atom is 0.407 e. The lowest BCUT2D eigenvalue weighted by Gasteiger charge is -2.33. The van der Waals surface area contributed by atoms with E-state index in [1.807, 2.05) is 32.1 Å². The number of ether oxygens (including phenoxy) is 1. The van der Waals surface area contributed by atoms with E-state index in [1.165, 1.54) is 0 Å². The van der Waals surface area contributed by atoms with Gasteiger partial charge in [0, 0.05) is 5.92 Å². The molecule has 0 heterocycles. The fraction of sp³-hybridized carbons (Fsp3) is 0.583. The lowest BCUT2D eigenvalue weighted by molar-refractivity contribution is 0.135. The average Bonchev–Trinajstić information content (AvgIpc) is 2.20. The maximum atomic E-state index is 11.4. The molecule has 0 radical (unpaired) electrons. The fourth-order valence-electron chi connectivity index (χ4n) is 1.44. The van der Waals surface area contributed by atoms with E-state index in [-0.39, 0.29) is 17.6 Å². The predicted octanol–water partition coefficient (Wildman–Crippen LogP) is 2.64. The standard InChI is InChI=1S/C12H19NO2/c1-4-9-15-11(14)13-12(3)8-6-5-7-10(12)2/h5-8,10H,4,9H2,1-3H3,(H,13,14). The summed E-state index contributed by atoms with van der Waals surface area (Å²) in [6.45, 7) is 6.50. The van der Waals surface area contributed by atoms with E-state index in [2.05, 4.69) is 18.3 Å². The molecule has 3 heteroatoms. The molecule has 0 spiro atoms. The fourth-order valence-corrected chi connectivity index (χ4v) is 1.44. The molecular formula is C12H19NO2. The van der Waals surface area contributed by atoms with Gasteiger partial charge in [-0.3, -0.25) is 0 Å². The number of carbonyl (C=O) groups is 1. The minimum absolute atomic E-state index is 0.275. The van der Waals surface area contributed by atoms with Gasteiger partial charge in [0.2, 0.25) is 0 Å². The van der Waals surface area contributed by atoms with Crippen LogP contribution in [0.4, 0.5) is 4.79 Å². The molecule has 0 saturated carbocycles. The van der Waals surface area contributed by atoms with Crippen molar-refractivity contribution in [2.75, 3.05) is 6.61 Å². The number of hydrogen-bond acceptors (Lipinski definition) is 2. The van der Waals surface area contributed by atoms with Crippen molar-refractivity contribution < 1.29 is 9.53 Å². The van der Waals surface area contributed by atoms with E-state index in [0.29, 0.717) is 6.61 Å². The first-order valence-electron chi connectivity index (χ1n) is 5.39. The molecule has 0 bridgehead atoms. The zero-order chi connectivity index (χ0) is 11.3. The molecule has 84 valence electrons. The number of carbonyl (C=O) groups excluding carboxylic acids is 1. The van der Waals surface area contributed by atoms with Gasteiger partial charge in [0.05, 0.1) is 12.1 Å². The molecular weight excluding hydrogens is 190 g/mol. The summed E-state index contributed by atoms with van der Waals surface area (Å²) in [6, 6.07) is 0. The van der Waals surface area contributed by atoms with Crippen LogP contribution in [0.25, 0.3) is 0 Å². The van der Waals surface area contributed by atoms with Crippen LogP contribution in [0.3, 0.4) is 0 Å². The molecule has 0 saturated heterocycles. The van der Waals surface area contributed by atoms with Gasteiger partial charge in [-0.15, -0.1) is 0 Å². The molecule has 0 aliphatic heterocycles. The molecule has 1 N–H and O–H groups in total. The van der Waals surface area contributed by atoms with Crippen molar-refractivity contribution in [1.29, 1.82) is 0 Å². The minimum Gasteiger partial charge on any atom is -0.450 e. The van der Waals surface area contributed by atoms with E-state index in [4.69, 9.17) is 4.74 Å². The highest BCUT2D eigenvalue weighted by Crippen LogP contribution is 2.23. The number of nitrogens with one attached hydrogen (secondary N) is 1. The predicted molar refractivity (Wildman–Crippen MR) is 60.6 cm³/mol. The van der Waals surface area contributed by atoms with Crippen LogP contribution in [0.1, 0.15) is 27.2 Å². The van der Waals surface area contributed by atoms with Crippen molar-refractivity contribution in [3.05, 3.63) is 24.3 Å². The molecule has 0 fully saturated rings. The van der Waals surface area contributed by atoms with E-state index in [9.17, 15) is 4.79 Å². The third kappa shape index (κ3) is 3.11. The lowest BCUT2D eigenvalue weighted by Crippen LogP contribution is -2.49. The molecule has 0 aromatic carbocycles. The SMILES string of the molecule is CCCOC(=O)NC1(C)C=CC=CC1C. The van der Waals surface area contributed by atoms with Crippen molar-refractivity contribution >= 4 is 6.09 Å². The van der Waals surface area contributed by atoms with E-state index in [0.717, 1.165) is 6.42 Å². The summed E-state index contributed by atoms with van der Waals surface area (Å²) in [5.41, 5.74) is -0.334. The Morgan fingerprint density at radius 2 is 2.27 bits per heavy atom. The second-order valence-electron chi connectivity index (χ2n) is 4.08. The second kappa shape index (κ2) is 5.01. The normalized spacial score (nSPS) is 28.9. The highest BCUT2D eigenvalue weighted by molar-refractivity contribution is 5.69. The molecule has 2 atom stereocenters. The van der Waals surface area contributed by atoms with Crippen LogP contribution in [-0.2, 0) is 4.74 Å². The van der Waals surface area contributed by atoms with Crippen LogP contribution >= 0.6 is 0 Å². The Balaban J connectivity index is 2.52. The van der Waals surface area contributed by atoms with Crippen LogP contribution < -0.4 is 5.32 Å². The zero-order valence-electron chi connectivity index (χ0n) is 9.62. The molecule has 1 amide bonds. The third-order valence-corrected chi connectivity index (χ3v) is 2.71. The zero-order valence-corrected chi connectivity index (χ0v) is 9.62. The second-order valence-corrected chi connectivity index (χ2v) is 4.08. The van der Waals surface area contributed by atoms with Crippen molar-refractivity contribution in [1.82, 2.24) is 5.32 Å². The largest absolute Gasteiger partial charge is 0.450 e. The highest BCUT2D eigenvalue weighted by Gasteiger charge is 2.30. The van der Waals surface area contributed by atoms with Crippen LogP contribution in [0.5, 0.6) is 0 Å². The van der Waals surface area contributed by atoms with Gasteiger partial charge in [-0.25, -0.2) is 4.79 Å². The first-order chi connectivity index (χ1) is 7.08.